The second-order valence-corrected chi connectivity index (χ2v) is 4.95. The molecule has 3 nitrogen and oxygen atoms in total. The monoisotopic (exact) mass is 263 g/mol. The van der Waals surface area contributed by atoms with Crippen molar-refractivity contribution in [2.75, 3.05) is 19.8 Å². The fourth-order valence-electron chi connectivity index (χ4n) is 2.72. The molecular formula is C16H25NO2. The highest BCUT2D eigenvalue weighted by molar-refractivity contribution is 5.36. The van der Waals surface area contributed by atoms with Gasteiger partial charge in [-0.05, 0) is 38.8 Å². The van der Waals surface area contributed by atoms with Gasteiger partial charge in [0.1, 0.15) is 5.75 Å². The molecule has 1 saturated heterocycles. The van der Waals surface area contributed by atoms with Crippen molar-refractivity contribution in [2.45, 2.75) is 45.3 Å². The van der Waals surface area contributed by atoms with Crippen LogP contribution in [0.15, 0.2) is 24.3 Å². The number of para-hydroxylation sites is 1. The maximum absolute atomic E-state index is 5.77. The summed E-state index contributed by atoms with van der Waals surface area (Å²) < 4.78 is 11.5. The topological polar surface area (TPSA) is 30.5 Å². The first-order valence-corrected chi connectivity index (χ1v) is 7.41. The highest BCUT2D eigenvalue weighted by Crippen LogP contribution is 2.31. The Balaban J connectivity index is 2.12. The number of hydrogen-bond donors (Lipinski definition) is 1. The Labute approximate surface area is 116 Å². The second kappa shape index (κ2) is 7.51. The van der Waals surface area contributed by atoms with Gasteiger partial charge in [0.2, 0.25) is 0 Å². The van der Waals surface area contributed by atoms with E-state index >= 15 is 0 Å². The summed E-state index contributed by atoms with van der Waals surface area (Å²) in [6.45, 7) is 6.75. The Morgan fingerprint density at radius 1 is 1.37 bits per heavy atom. The predicted octanol–water partition coefficient (Wildman–Crippen LogP) is 3.31. The molecule has 1 aliphatic rings. The first-order chi connectivity index (χ1) is 9.35. The molecule has 0 bridgehead atoms. The zero-order valence-corrected chi connectivity index (χ0v) is 12.0. The van der Waals surface area contributed by atoms with E-state index in [1.807, 2.05) is 13.0 Å². The van der Waals surface area contributed by atoms with Crippen LogP contribution in [0.5, 0.6) is 5.75 Å². The van der Waals surface area contributed by atoms with Gasteiger partial charge in [0, 0.05) is 18.2 Å². The molecule has 0 spiro atoms. The van der Waals surface area contributed by atoms with E-state index in [2.05, 4.69) is 30.4 Å². The van der Waals surface area contributed by atoms with Crippen molar-refractivity contribution in [1.29, 1.82) is 0 Å². The number of hydrogen-bond acceptors (Lipinski definition) is 3. The van der Waals surface area contributed by atoms with Gasteiger partial charge in [0.15, 0.2) is 0 Å². The molecule has 19 heavy (non-hydrogen) atoms. The number of ether oxygens (including phenoxy) is 2. The van der Waals surface area contributed by atoms with Gasteiger partial charge in [-0.1, -0.05) is 25.1 Å². The minimum absolute atomic E-state index is 0.316. The van der Waals surface area contributed by atoms with Crippen molar-refractivity contribution in [3.05, 3.63) is 29.8 Å². The molecule has 1 aromatic rings. The largest absolute Gasteiger partial charge is 0.494 e. The minimum Gasteiger partial charge on any atom is -0.494 e. The van der Waals surface area contributed by atoms with Crippen LogP contribution in [0.2, 0.25) is 0 Å². The molecule has 1 aliphatic heterocycles. The summed E-state index contributed by atoms with van der Waals surface area (Å²) in [5.74, 6) is 0.994. The van der Waals surface area contributed by atoms with Gasteiger partial charge in [-0.15, -0.1) is 0 Å². The maximum Gasteiger partial charge on any atom is 0.124 e. The van der Waals surface area contributed by atoms with Gasteiger partial charge in [0.05, 0.1) is 12.7 Å². The molecule has 1 fully saturated rings. The molecule has 106 valence electrons. The lowest BCUT2D eigenvalue weighted by molar-refractivity contribution is 0.0944. The normalized spacial score (nSPS) is 20.4. The van der Waals surface area contributed by atoms with Crippen LogP contribution in [0.4, 0.5) is 0 Å². The standard InChI is InChI=1S/C16H25NO2/c1-3-17-15(12-13-8-7-11-19-13)14-9-5-6-10-16(14)18-4-2/h5-6,9-10,13,15,17H,3-4,7-8,11-12H2,1-2H3. The van der Waals surface area contributed by atoms with E-state index in [-0.39, 0.29) is 0 Å². The van der Waals surface area contributed by atoms with E-state index < -0.39 is 0 Å². The average Bonchev–Trinajstić information content (AvgIpc) is 2.92. The quantitative estimate of drug-likeness (QED) is 0.818. The van der Waals surface area contributed by atoms with Gasteiger partial charge in [-0.2, -0.15) is 0 Å². The molecular weight excluding hydrogens is 238 g/mol. The summed E-state index contributed by atoms with van der Waals surface area (Å²) in [6.07, 6.45) is 3.78. The van der Waals surface area contributed by atoms with Crippen molar-refractivity contribution in [2.24, 2.45) is 0 Å². The molecule has 2 unspecified atom stereocenters. The smallest absolute Gasteiger partial charge is 0.124 e. The maximum atomic E-state index is 5.77. The van der Waals surface area contributed by atoms with Crippen LogP contribution in [0.1, 0.15) is 44.7 Å². The van der Waals surface area contributed by atoms with Crippen LogP contribution in [0, 0.1) is 0 Å². The molecule has 2 atom stereocenters. The van der Waals surface area contributed by atoms with E-state index in [0.717, 1.165) is 25.3 Å². The van der Waals surface area contributed by atoms with E-state index in [1.54, 1.807) is 0 Å². The zero-order chi connectivity index (χ0) is 13.5. The van der Waals surface area contributed by atoms with Crippen molar-refractivity contribution in [1.82, 2.24) is 5.32 Å². The van der Waals surface area contributed by atoms with Gasteiger partial charge in [-0.25, -0.2) is 0 Å². The lowest BCUT2D eigenvalue weighted by Gasteiger charge is -2.23. The van der Waals surface area contributed by atoms with Crippen molar-refractivity contribution in [3.63, 3.8) is 0 Å². The van der Waals surface area contributed by atoms with Crippen LogP contribution in [-0.2, 0) is 4.74 Å². The predicted molar refractivity (Wildman–Crippen MR) is 77.6 cm³/mol. The van der Waals surface area contributed by atoms with Crippen LogP contribution < -0.4 is 10.1 Å². The first-order valence-electron chi connectivity index (χ1n) is 7.41. The molecule has 0 aromatic heterocycles. The Morgan fingerprint density at radius 2 is 2.21 bits per heavy atom. The third kappa shape index (κ3) is 3.95. The van der Waals surface area contributed by atoms with Gasteiger partial charge in [0.25, 0.3) is 0 Å². The van der Waals surface area contributed by atoms with Crippen molar-refractivity contribution >= 4 is 0 Å². The van der Waals surface area contributed by atoms with E-state index in [4.69, 9.17) is 9.47 Å². The fraction of sp³-hybridized carbons (Fsp3) is 0.625. The third-order valence-electron chi connectivity index (χ3n) is 3.57. The van der Waals surface area contributed by atoms with E-state index in [0.29, 0.717) is 18.8 Å². The number of benzene rings is 1. The van der Waals surface area contributed by atoms with E-state index in [1.165, 1.54) is 18.4 Å². The fourth-order valence-corrected chi connectivity index (χ4v) is 2.72. The Morgan fingerprint density at radius 3 is 2.89 bits per heavy atom. The summed E-state index contributed by atoms with van der Waals surface area (Å²) in [7, 11) is 0. The molecule has 0 amide bonds. The lowest BCUT2D eigenvalue weighted by atomic mass is 9.98. The average molecular weight is 263 g/mol. The highest BCUT2D eigenvalue weighted by Gasteiger charge is 2.23. The summed E-state index contributed by atoms with van der Waals surface area (Å²) in [4.78, 5) is 0. The van der Waals surface area contributed by atoms with E-state index in [9.17, 15) is 0 Å². The Hall–Kier alpha value is -1.06. The Kier molecular flexibility index (Phi) is 5.67. The zero-order valence-electron chi connectivity index (χ0n) is 12.0. The molecule has 1 aromatic carbocycles. The molecule has 1 N–H and O–H groups in total. The summed E-state index contributed by atoms with van der Waals surface area (Å²) in [5, 5.41) is 3.56. The molecule has 0 radical (unpaired) electrons. The van der Waals surface area contributed by atoms with Gasteiger partial charge in [-0.3, -0.25) is 0 Å². The minimum atomic E-state index is 0.316. The third-order valence-corrected chi connectivity index (χ3v) is 3.57. The van der Waals surface area contributed by atoms with Crippen LogP contribution in [0.25, 0.3) is 0 Å². The van der Waals surface area contributed by atoms with Gasteiger partial charge < -0.3 is 14.8 Å². The molecule has 1 heterocycles. The summed E-state index contributed by atoms with van der Waals surface area (Å²) in [6, 6.07) is 8.64. The lowest BCUT2D eigenvalue weighted by Crippen LogP contribution is -2.25. The summed E-state index contributed by atoms with van der Waals surface area (Å²) >= 11 is 0. The Bertz CT molecular complexity index is 375. The molecule has 2 rings (SSSR count). The van der Waals surface area contributed by atoms with Gasteiger partial charge >= 0.3 is 0 Å². The highest BCUT2D eigenvalue weighted by atomic mass is 16.5. The van der Waals surface area contributed by atoms with Crippen molar-refractivity contribution in [3.8, 4) is 5.75 Å². The second-order valence-electron chi connectivity index (χ2n) is 4.95. The molecule has 3 heteroatoms. The van der Waals surface area contributed by atoms with Crippen LogP contribution in [0.3, 0.4) is 0 Å². The summed E-state index contributed by atoms with van der Waals surface area (Å²) in [5.41, 5.74) is 1.25. The number of rotatable bonds is 7. The molecule has 0 saturated carbocycles. The molecule has 0 aliphatic carbocycles. The van der Waals surface area contributed by atoms with Crippen LogP contribution in [-0.4, -0.2) is 25.9 Å². The van der Waals surface area contributed by atoms with Crippen LogP contribution >= 0.6 is 0 Å². The van der Waals surface area contributed by atoms with Crippen molar-refractivity contribution < 1.29 is 9.47 Å². The number of nitrogens with one attached hydrogen (secondary N) is 1. The SMILES string of the molecule is CCNC(CC1CCCO1)c1ccccc1OCC. The first kappa shape index (κ1) is 14.4.